The van der Waals surface area contributed by atoms with E-state index in [1.165, 1.54) is 0 Å². The molecule has 2 rings (SSSR count). The SMILES string of the molecule is Cn1nc(CC(C)(C)C)cc1NC(=O)C(N)c1ccccc1. The maximum atomic E-state index is 12.3. The molecule has 22 heavy (non-hydrogen) atoms. The van der Waals surface area contributed by atoms with Gasteiger partial charge in [-0.05, 0) is 17.4 Å². The molecule has 0 saturated carbocycles. The molecule has 0 saturated heterocycles. The van der Waals surface area contributed by atoms with Crippen molar-refractivity contribution in [3.05, 3.63) is 47.7 Å². The van der Waals surface area contributed by atoms with Gasteiger partial charge in [0, 0.05) is 13.1 Å². The molecule has 0 bridgehead atoms. The summed E-state index contributed by atoms with van der Waals surface area (Å²) in [6.45, 7) is 6.47. The molecule has 2 aromatic rings. The zero-order valence-electron chi connectivity index (χ0n) is 13.6. The van der Waals surface area contributed by atoms with Crippen LogP contribution < -0.4 is 11.1 Å². The Balaban J connectivity index is 2.09. The average molecular weight is 300 g/mol. The Morgan fingerprint density at radius 1 is 1.32 bits per heavy atom. The first-order chi connectivity index (χ1) is 10.3. The molecule has 5 nitrogen and oxygen atoms in total. The van der Waals surface area contributed by atoms with Gasteiger partial charge >= 0.3 is 0 Å². The van der Waals surface area contributed by atoms with Gasteiger partial charge in [0.25, 0.3) is 0 Å². The lowest BCUT2D eigenvalue weighted by molar-refractivity contribution is -0.117. The van der Waals surface area contributed by atoms with Crippen LogP contribution >= 0.6 is 0 Å². The Morgan fingerprint density at radius 3 is 2.55 bits per heavy atom. The summed E-state index contributed by atoms with van der Waals surface area (Å²) in [7, 11) is 1.82. The minimum atomic E-state index is -0.692. The van der Waals surface area contributed by atoms with Crippen molar-refractivity contribution >= 4 is 11.7 Å². The lowest BCUT2D eigenvalue weighted by atomic mass is 9.91. The lowest BCUT2D eigenvalue weighted by Gasteiger charge is -2.15. The molecule has 1 atom stereocenters. The van der Waals surface area contributed by atoms with Gasteiger partial charge in [-0.3, -0.25) is 9.48 Å². The minimum absolute atomic E-state index is 0.149. The van der Waals surface area contributed by atoms with Crippen molar-refractivity contribution in [2.24, 2.45) is 18.2 Å². The van der Waals surface area contributed by atoms with Gasteiger partial charge in [-0.2, -0.15) is 5.10 Å². The fourth-order valence-corrected chi connectivity index (χ4v) is 2.29. The van der Waals surface area contributed by atoms with Crippen LogP contribution in [0, 0.1) is 5.41 Å². The summed E-state index contributed by atoms with van der Waals surface area (Å²) < 4.78 is 1.68. The van der Waals surface area contributed by atoms with Crippen molar-refractivity contribution in [3.63, 3.8) is 0 Å². The van der Waals surface area contributed by atoms with Crippen molar-refractivity contribution in [2.45, 2.75) is 33.2 Å². The van der Waals surface area contributed by atoms with Gasteiger partial charge in [0.2, 0.25) is 5.91 Å². The quantitative estimate of drug-likeness (QED) is 0.911. The number of hydrogen-bond donors (Lipinski definition) is 2. The number of aryl methyl sites for hydroxylation is 1. The first-order valence-electron chi connectivity index (χ1n) is 7.40. The number of nitrogens with one attached hydrogen (secondary N) is 1. The van der Waals surface area contributed by atoms with E-state index in [1.54, 1.807) is 4.68 Å². The minimum Gasteiger partial charge on any atom is -0.316 e. The molecule has 1 unspecified atom stereocenters. The Labute approximate surface area is 131 Å². The molecule has 0 aliphatic rings. The summed E-state index contributed by atoms with van der Waals surface area (Å²) in [5.74, 6) is 0.423. The Hall–Kier alpha value is -2.14. The van der Waals surface area contributed by atoms with E-state index in [-0.39, 0.29) is 11.3 Å². The number of nitrogens with two attached hydrogens (primary N) is 1. The van der Waals surface area contributed by atoms with Crippen LogP contribution in [0.5, 0.6) is 0 Å². The average Bonchev–Trinajstić information content (AvgIpc) is 2.76. The van der Waals surface area contributed by atoms with Gasteiger partial charge in [-0.15, -0.1) is 0 Å². The maximum absolute atomic E-state index is 12.3. The molecule has 0 aliphatic heterocycles. The number of benzene rings is 1. The van der Waals surface area contributed by atoms with E-state index in [2.05, 4.69) is 31.2 Å². The lowest BCUT2D eigenvalue weighted by Crippen LogP contribution is -2.28. The standard InChI is InChI=1S/C17H24N4O/c1-17(2,3)11-13-10-14(21(4)20-13)19-16(22)15(18)12-8-6-5-7-9-12/h5-10,15H,11,18H2,1-4H3,(H,19,22). The van der Waals surface area contributed by atoms with Crippen molar-refractivity contribution in [3.8, 4) is 0 Å². The number of aromatic nitrogens is 2. The number of nitrogens with zero attached hydrogens (tertiary/aromatic N) is 2. The van der Waals surface area contributed by atoms with Crippen molar-refractivity contribution < 1.29 is 4.79 Å². The maximum Gasteiger partial charge on any atom is 0.247 e. The van der Waals surface area contributed by atoms with Crippen molar-refractivity contribution in [1.82, 2.24) is 9.78 Å². The molecule has 1 aromatic heterocycles. The summed E-state index contributed by atoms with van der Waals surface area (Å²) in [6.07, 6.45) is 0.849. The zero-order valence-corrected chi connectivity index (χ0v) is 13.6. The largest absolute Gasteiger partial charge is 0.316 e. The monoisotopic (exact) mass is 300 g/mol. The molecule has 1 amide bonds. The second kappa shape index (κ2) is 6.32. The van der Waals surface area contributed by atoms with Crippen molar-refractivity contribution in [1.29, 1.82) is 0 Å². The van der Waals surface area contributed by atoms with E-state index in [9.17, 15) is 4.79 Å². The molecule has 3 N–H and O–H groups in total. The van der Waals surface area contributed by atoms with E-state index in [0.29, 0.717) is 5.82 Å². The predicted molar refractivity (Wildman–Crippen MR) is 88.4 cm³/mol. The van der Waals surface area contributed by atoms with Crippen LogP contribution in [0.1, 0.15) is 38.1 Å². The smallest absolute Gasteiger partial charge is 0.247 e. The molecule has 0 aliphatic carbocycles. The topological polar surface area (TPSA) is 72.9 Å². The summed E-state index contributed by atoms with van der Waals surface area (Å²) in [5.41, 5.74) is 7.90. The number of amides is 1. The van der Waals surface area contributed by atoms with Crippen LogP contribution in [0.2, 0.25) is 0 Å². The van der Waals surface area contributed by atoms with Crippen LogP contribution in [0.15, 0.2) is 36.4 Å². The highest BCUT2D eigenvalue weighted by molar-refractivity contribution is 5.94. The van der Waals surface area contributed by atoms with Gasteiger partial charge in [-0.25, -0.2) is 0 Å². The second-order valence-electron chi connectivity index (χ2n) is 6.76. The third-order valence-electron chi connectivity index (χ3n) is 3.33. The summed E-state index contributed by atoms with van der Waals surface area (Å²) in [5, 5.41) is 7.29. The van der Waals surface area contributed by atoms with E-state index in [0.717, 1.165) is 17.7 Å². The highest BCUT2D eigenvalue weighted by Crippen LogP contribution is 2.22. The van der Waals surface area contributed by atoms with Crippen LogP contribution in [-0.4, -0.2) is 15.7 Å². The zero-order chi connectivity index (χ0) is 16.3. The van der Waals surface area contributed by atoms with Gasteiger partial charge in [0.15, 0.2) is 0 Å². The van der Waals surface area contributed by atoms with E-state index < -0.39 is 6.04 Å². The molecule has 1 heterocycles. The van der Waals surface area contributed by atoms with E-state index >= 15 is 0 Å². The first kappa shape index (κ1) is 16.2. The molecule has 0 fully saturated rings. The predicted octanol–water partition coefficient (Wildman–Crippen LogP) is 2.65. The van der Waals surface area contributed by atoms with Gasteiger partial charge < -0.3 is 11.1 Å². The summed E-state index contributed by atoms with van der Waals surface area (Å²) >= 11 is 0. The fourth-order valence-electron chi connectivity index (χ4n) is 2.29. The normalized spacial score (nSPS) is 13.0. The third kappa shape index (κ3) is 4.18. The number of carbonyl (C=O) groups excluding carboxylic acids is 1. The highest BCUT2D eigenvalue weighted by Gasteiger charge is 2.19. The third-order valence-corrected chi connectivity index (χ3v) is 3.33. The number of carbonyl (C=O) groups is 1. The summed E-state index contributed by atoms with van der Waals surface area (Å²) in [6, 6.07) is 10.5. The molecule has 1 aromatic carbocycles. The van der Waals surface area contributed by atoms with Crippen LogP contribution in [-0.2, 0) is 18.3 Å². The van der Waals surface area contributed by atoms with Gasteiger partial charge in [-0.1, -0.05) is 51.1 Å². The van der Waals surface area contributed by atoms with E-state index in [4.69, 9.17) is 5.73 Å². The fraction of sp³-hybridized carbons (Fsp3) is 0.412. The molecule has 0 spiro atoms. The number of anilines is 1. The number of rotatable bonds is 4. The van der Waals surface area contributed by atoms with Gasteiger partial charge in [0.05, 0.1) is 5.69 Å². The van der Waals surface area contributed by atoms with Crippen LogP contribution in [0.3, 0.4) is 0 Å². The van der Waals surface area contributed by atoms with E-state index in [1.807, 2.05) is 43.4 Å². The van der Waals surface area contributed by atoms with Gasteiger partial charge in [0.1, 0.15) is 11.9 Å². The van der Waals surface area contributed by atoms with Crippen molar-refractivity contribution in [2.75, 3.05) is 5.32 Å². The number of hydrogen-bond acceptors (Lipinski definition) is 3. The highest BCUT2D eigenvalue weighted by atomic mass is 16.2. The summed E-state index contributed by atoms with van der Waals surface area (Å²) in [4.78, 5) is 12.3. The Bertz CT molecular complexity index is 640. The van der Waals surface area contributed by atoms with Crippen LogP contribution in [0.4, 0.5) is 5.82 Å². The molecular weight excluding hydrogens is 276 g/mol. The Kier molecular flexibility index (Phi) is 4.66. The Morgan fingerprint density at radius 2 is 1.95 bits per heavy atom. The molecule has 5 heteroatoms. The molecule has 118 valence electrons. The van der Waals surface area contributed by atoms with Crippen LogP contribution in [0.25, 0.3) is 0 Å². The molecular formula is C17H24N4O. The first-order valence-corrected chi connectivity index (χ1v) is 7.40. The second-order valence-corrected chi connectivity index (χ2v) is 6.76. The molecule has 0 radical (unpaired) electrons.